The van der Waals surface area contributed by atoms with Crippen LogP contribution in [0.25, 0.3) is 0 Å². The molecule has 0 N–H and O–H groups in total. The summed E-state index contributed by atoms with van der Waals surface area (Å²) in [5, 5.41) is 0. The van der Waals surface area contributed by atoms with Gasteiger partial charge in [-0.1, -0.05) is 44.0 Å². The summed E-state index contributed by atoms with van der Waals surface area (Å²) in [4.78, 5) is -0.112. The van der Waals surface area contributed by atoms with Gasteiger partial charge in [0.25, 0.3) is 0 Å². The van der Waals surface area contributed by atoms with Gasteiger partial charge in [-0.25, -0.2) is 8.42 Å². The Morgan fingerprint density at radius 3 is 2.41 bits per heavy atom. The van der Waals surface area contributed by atoms with Crippen molar-refractivity contribution in [3.05, 3.63) is 34.3 Å². The second kappa shape index (κ2) is 5.41. The maximum atomic E-state index is 11.7. The highest BCUT2D eigenvalue weighted by molar-refractivity contribution is 9.10. The van der Waals surface area contributed by atoms with Crippen LogP contribution in [0.5, 0.6) is 0 Å². The van der Waals surface area contributed by atoms with Gasteiger partial charge in [-0.2, -0.15) is 0 Å². The number of sulfone groups is 1. The van der Waals surface area contributed by atoms with Crippen LogP contribution in [-0.2, 0) is 16.3 Å². The first-order chi connectivity index (χ1) is 7.64. The van der Waals surface area contributed by atoms with Gasteiger partial charge in [0.1, 0.15) is 0 Å². The van der Waals surface area contributed by atoms with E-state index in [0.29, 0.717) is 6.42 Å². The van der Waals surface area contributed by atoms with E-state index in [1.807, 2.05) is 24.3 Å². The predicted molar refractivity (Wildman–Crippen MR) is 79.5 cm³/mol. The van der Waals surface area contributed by atoms with Crippen LogP contribution < -0.4 is 0 Å². The average molecular weight is 384 g/mol. The molecule has 1 rings (SSSR count). The third-order valence-electron chi connectivity index (χ3n) is 3.01. The fourth-order valence-corrected chi connectivity index (χ4v) is 3.74. The number of halogens is 2. The van der Waals surface area contributed by atoms with E-state index in [4.69, 9.17) is 0 Å². The largest absolute Gasteiger partial charge is 0.229 e. The van der Waals surface area contributed by atoms with Crippen LogP contribution in [0.2, 0.25) is 0 Å². The molecule has 0 amide bonds. The minimum absolute atomic E-state index is 0.112. The molecule has 0 heterocycles. The summed E-state index contributed by atoms with van der Waals surface area (Å²) < 4.78 is 23.6. The second-order valence-electron chi connectivity index (χ2n) is 4.68. The van der Waals surface area contributed by atoms with Gasteiger partial charge in [0, 0.05) is 15.6 Å². The molecule has 0 aliphatic rings. The van der Waals surface area contributed by atoms with Crippen LogP contribution in [0, 0.1) is 0 Å². The van der Waals surface area contributed by atoms with Crippen LogP contribution in [0.4, 0.5) is 0 Å². The summed E-state index contributed by atoms with van der Waals surface area (Å²) in [5.74, 6) is 0. The van der Waals surface area contributed by atoms with Crippen molar-refractivity contribution in [3.8, 4) is 0 Å². The molecule has 0 spiro atoms. The van der Waals surface area contributed by atoms with Crippen molar-refractivity contribution in [2.75, 3.05) is 6.26 Å². The molecule has 0 aliphatic carbocycles. The molecular weight excluding hydrogens is 368 g/mol. The van der Waals surface area contributed by atoms with Gasteiger partial charge >= 0.3 is 0 Å². The molecule has 0 bridgehead atoms. The quantitative estimate of drug-likeness (QED) is 0.744. The molecule has 0 fully saturated rings. The normalized spacial score (nSPS) is 14.6. The average Bonchev–Trinajstić information content (AvgIpc) is 2.15. The summed E-state index contributed by atoms with van der Waals surface area (Å²) in [6, 6.07) is 7.91. The van der Waals surface area contributed by atoms with Gasteiger partial charge in [-0.15, -0.1) is 0 Å². The maximum Gasteiger partial charge on any atom is 0.153 e. The van der Waals surface area contributed by atoms with Crippen molar-refractivity contribution in [3.63, 3.8) is 0 Å². The molecular formula is C12H16Br2O2S. The van der Waals surface area contributed by atoms with Gasteiger partial charge in [-0.3, -0.25) is 0 Å². The molecule has 1 unspecified atom stereocenters. The third-order valence-corrected chi connectivity index (χ3v) is 7.47. The van der Waals surface area contributed by atoms with E-state index in [9.17, 15) is 8.42 Å². The van der Waals surface area contributed by atoms with Crippen molar-refractivity contribution in [1.82, 2.24) is 0 Å². The lowest BCUT2D eigenvalue weighted by molar-refractivity contribution is 0.542. The zero-order valence-corrected chi connectivity index (χ0v) is 14.1. The molecule has 0 aromatic heterocycles. The minimum atomic E-state index is -3.09. The van der Waals surface area contributed by atoms with E-state index in [2.05, 4.69) is 31.9 Å². The van der Waals surface area contributed by atoms with Gasteiger partial charge in [0.2, 0.25) is 0 Å². The zero-order valence-electron chi connectivity index (χ0n) is 10.1. The van der Waals surface area contributed by atoms with Crippen LogP contribution in [-0.4, -0.2) is 24.2 Å². The molecule has 1 aromatic carbocycles. The smallest absolute Gasteiger partial charge is 0.153 e. The molecule has 96 valence electrons. The Kier molecular flexibility index (Phi) is 4.83. The van der Waals surface area contributed by atoms with E-state index >= 15 is 0 Å². The van der Waals surface area contributed by atoms with E-state index in [1.165, 1.54) is 6.26 Å². The highest BCUT2D eigenvalue weighted by atomic mass is 79.9. The number of alkyl halides is 1. The summed E-state index contributed by atoms with van der Waals surface area (Å²) in [7, 11) is -3.09. The van der Waals surface area contributed by atoms with Crippen molar-refractivity contribution >= 4 is 41.7 Å². The molecule has 0 radical (unpaired) electrons. The minimum Gasteiger partial charge on any atom is -0.229 e. The lowest BCUT2D eigenvalue weighted by atomic mass is 10.0. The van der Waals surface area contributed by atoms with Gasteiger partial charge in [-0.05, 0) is 38.0 Å². The molecule has 5 heteroatoms. The Morgan fingerprint density at radius 2 is 1.94 bits per heavy atom. The number of hydrogen-bond donors (Lipinski definition) is 0. The van der Waals surface area contributed by atoms with E-state index in [-0.39, 0.29) is 4.83 Å². The Labute approximate surface area is 120 Å². The second-order valence-corrected chi connectivity index (χ2v) is 9.29. The summed E-state index contributed by atoms with van der Waals surface area (Å²) >= 11 is 6.91. The van der Waals surface area contributed by atoms with E-state index in [0.717, 1.165) is 10.0 Å². The van der Waals surface area contributed by atoms with Crippen LogP contribution in [0.1, 0.15) is 19.4 Å². The standard InChI is InChI=1S/C12H16Br2O2S/c1-12(2,17(3,15)16)11(14)8-9-5-4-6-10(13)7-9/h4-7,11H,8H2,1-3H3. The summed E-state index contributed by atoms with van der Waals surface area (Å²) in [6.07, 6.45) is 1.96. The van der Waals surface area contributed by atoms with Crippen molar-refractivity contribution in [1.29, 1.82) is 0 Å². The first-order valence-electron chi connectivity index (χ1n) is 5.22. The zero-order chi connectivity index (χ0) is 13.3. The molecule has 0 aliphatic heterocycles. The topological polar surface area (TPSA) is 34.1 Å². The monoisotopic (exact) mass is 382 g/mol. The Bertz CT molecular complexity index is 495. The van der Waals surface area contributed by atoms with Crippen LogP contribution in [0.15, 0.2) is 28.7 Å². The third kappa shape index (κ3) is 3.80. The van der Waals surface area contributed by atoms with Crippen molar-refractivity contribution in [2.45, 2.75) is 29.8 Å². The van der Waals surface area contributed by atoms with Gasteiger partial charge in [0.15, 0.2) is 9.84 Å². The Balaban J connectivity index is 2.90. The van der Waals surface area contributed by atoms with Crippen molar-refractivity contribution in [2.24, 2.45) is 0 Å². The lowest BCUT2D eigenvalue weighted by Crippen LogP contribution is -2.41. The van der Waals surface area contributed by atoms with Gasteiger partial charge < -0.3 is 0 Å². The van der Waals surface area contributed by atoms with Crippen LogP contribution in [0.3, 0.4) is 0 Å². The SMILES string of the molecule is CC(C)(C(Br)Cc1cccc(Br)c1)S(C)(=O)=O. The number of benzene rings is 1. The fraction of sp³-hybridized carbons (Fsp3) is 0.500. The van der Waals surface area contributed by atoms with Crippen molar-refractivity contribution < 1.29 is 8.42 Å². The maximum absolute atomic E-state index is 11.7. The molecule has 17 heavy (non-hydrogen) atoms. The van der Waals surface area contributed by atoms with Gasteiger partial charge in [0.05, 0.1) is 4.75 Å². The highest BCUT2D eigenvalue weighted by Crippen LogP contribution is 2.29. The molecule has 0 saturated carbocycles. The Morgan fingerprint density at radius 1 is 1.35 bits per heavy atom. The Hall–Kier alpha value is 0.130. The summed E-state index contributed by atoms with van der Waals surface area (Å²) in [5.41, 5.74) is 1.11. The highest BCUT2D eigenvalue weighted by Gasteiger charge is 2.37. The van der Waals surface area contributed by atoms with E-state index < -0.39 is 14.6 Å². The lowest BCUT2D eigenvalue weighted by Gasteiger charge is -2.28. The molecule has 2 nitrogen and oxygen atoms in total. The number of rotatable bonds is 4. The molecule has 1 atom stereocenters. The first kappa shape index (κ1) is 15.2. The predicted octanol–water partition coefficient (Wildman–Crippen LogP) is 3.58. The van der Waals surface area contributed by atoms with Crippen LogP contribution >= 0.6 is 31.9 Å². The number of hydrogen-bond acceptors (Lipinski definition) is 2. The molecule has 1 aromatic rings. The molecule has 0 saturated heterocycles. The summed E-state index contributed by atoms with van der Waals surface area (Å²) in [6.45, 7) is 3.50. The van der Waals surface area contributed by atoms with E-state index in [1.54, 1.807) is 13.8 Å². The fourth-order valence-electron chi connectivity index (χ4n) is 1.35. The first-order valence-corrected chi connectivity index (χ1v) is 8.82.